The van der Waals surface area contributed by atoms with Crippen molar-refractivity contribution in [2.45, 2.75) is 25.8 Å². The molecule has 1 N–H and O–H groups in total. The van der Waals surface area contributed by atoms with Gasteiger partial charge in [-0.2, -0.15) is 10.2 Å². The highest BCUT2D eigenvalue weighted by Gasteiger charge is 2.26. The van der Waals surface area contributed by atoms with Crippen molar-refractivity contribution < 1.29 is 0 Å². The molecular weight excluding hydrogens is 226 g/mol. The van der Waals surface area contributed by atoms with E-state index in [0.29, 0.717) is 5.92 Å². The van der Waals surface area contributed by atoms with E-state index in [2.05, 4.69) is 33.2 Å². The molecule has 96 valence electrons. The van der Waals surface area contributed by atoms with Gasteiger partial charge in [0, 0.05) is 37.9 Å². The molecule has 5 nitrogen and oxygen atoms in total. The normalized spacial score (nSPS) is 20.7. The van der Waals surface area contributed by atoms with Gasteiger partial charge in [-0.3, -0.25) is 14.7 Å². The summed E-state index contributed by atoms with van der Waals surface area (Å²) < 4.78 is 1.86. The zero-order valence-electron chi connectivity index (χ0n) is 10.9. The van der Waals surface area contributed by atoms with E-state index >= 15 is 0 Å². The highest BCUT2D eigenvalue weighted by Crippen LogP contribution is 2.28. The van der Waals surface area contributed by atoms with E-state index in [1.54, 1.807) is 0 Å². The lowest BCUT2D eigenvalue weighted by molar-refractivity contribution is 0.321. The molecule has 5 heteroatoms. The quantitative estimate of drug-likeness (QED) is 0.890. The summed E-state index contributed by atoms with van der Waals surface area (Å²) >= 11 is 0. The van der Waals surface area contributed by atoms with Gasteiger partial charge in [-0.1, -0.05) is 0 Å². The molecule has 0 spiro atoms. The Morgan fingerprint density at radius 2 is 2.39 bits per heavy atom. The molecule has 2 aromatic rings. The molecule has 0 aliphatic carbocycles. The zero-order chi connectivity index (χ0) is 12.5. The second kappa shape index (κ2) is 4.57. The Bertz CT molecular complexity index is 527. The van der Waals surface area contributed by atoms with Crippen molar-refractivity contribution in [2.75, 3.05) is 13.1 Å². The van der Waals surface area contributed by atoms with Crippen LogP contribution in [-0.2, 0) is 13.6 Å². The lowest BCUT2D eigenvalue weighted by Gasteiger charge is -2.14. The summed E-state index contributed by atoms with van der Waals surface area (Å²) in [7, 11) is 1.96. The van der Waals surface area contributed by atoms with Crippen LogP contribution in [0.25, 0.3) is 0 Å². The molecule has 1 fully saturated rings. The van der Waals surface area contributed by atoms with Crippen molar-refractivity contribution in [3.8, 4) is 0 Å². The van der Waals surface area contributed by atoms with Crippen LogP contribution in [0.5, 0.6) is 0 Å². The minimum absolute atomic E-state index is 0.594. The van der Waals surface area contributed by atoms with Gasteiger partial charge in [0.15, 0.2) is 0 Å². The summed E-state index contributed by atoms with van der Waals surface area (Å²) in [6.07, 6.45) is 5.12. The zero-order valence-corrected chi connectivity index (χ0v) is 10.9. The molecule has 0 bridgehead atoms. The molecule has 2 aromatic heterocycles. The fourth-order valence-corrected chi connectivity index (χ4v) is 2.76. The fourth-order valence-electron chi connectivity index (χ4n) is 2.76. The standard InChI is InChI=1S/C13H19N5/c1-10-7-14-15-13(10)11-3-6-18(8-11)9-12-4-5-17(2)16-12/h4-5,7,11H,3,6,8-9H2,1-2H3,(H,14,15). The maximum Gasteiger partial charge on any atom is 0.0764 e. The highest BCUT2D eigenvalue weighted by molar-refractivity contribution is 5.20. The number of likely N-dealkylation sites (tertiary alicyclic amines) is 1. The molecule has 3 heterocycles. The minimum Gasteiger partial charge on any atom is -0.297 e. The van der Waals surface area contributed by atoms with E-state index in [4.69, 9.17) is 0 Å². The first-order valence-electron chi connectivity index (χ1n) is 6.43. The topological polar surface area (TPSA) is 49.7 Å². The molecule has 0 amide bonds. The maximum absolute atomic E-state index is 4.43. The van der Waals surface area contributed by atoms with Crippen LogP contribution >= 0.6 is 0 Å². The predicted octanol–water partition coefficient (Wildman–Crippen LogP) is 1.44. The fraction of sp³-hybridized carbons (Fsp3) is 0.538. The van der Waals surface area contributed by atoms with Crippen molar-refractivity contribution in [3.63, 3.8) is 0 Å². The van der Waals surface area contributed by atoms with Crippen LogP contribution in [0.1, 0.15) is 29.3 Å². The SMILES string of the molecule is Cc1cn[nH]c1C1CCN(Cc2ccn(C)n2)C1. The van der Waals surface area contributed by atoms with Crippen molar-refractivity contribution in [2.24, 2.45) is 7.05 Å². The van der Waals surface area contributed by atoms with Crippen LogP contribution < -0.4 is 0 Å². The molecule has 18 heavy (non-hydrogen) atoms. The monoisotopic (exact) mass is 245 g/mol. The maximum atomic E-state index is 4.43. The van der Waals surface area contributed by atoms with Crippen LogP contribution in [0.3, 0.4) is 0 Å². The molecule has 0 radical (unpaired) electrons. The Morgan fingerprint density at radius 3 is 3.06 bits per heavy atom. The number of hydrogen-bond donors (Lipinski definition) is 1. The summed E-state index contributed by atoms with van der Waals surface area (Å²) in [5.74, 6) is 0.594. The first kappa shape index (κ1) is 11.5. The number of aryl methyl sites for hydroxylation is 2. The van der Waals surface area contributed by atoms with Gasteiger partial charge in [0.1, 0.15) is 0 Å². The summed E-state index contributed by atoms with van der Waals surface area (Å²) in [6, 6.07) is 2.09. The molecular formula is C13H19N5. The molecule has 1 atom stereocenters. The lowest BCUT2D eigenvalue weighted by atomic mass is 10.0. The van der Waals surface area contributed by atoms with Gasteiger partial charge >= 0.3 is 0 Å². The molecule has 1 aliphatic rings. The Balaban J connectivity index is 1.63. The summed E-state index contributed by atoms with van der Waals surface area (Å²) in [6.45, 7) is 5.31. The number of H-pyrrole nitrogens is 1. The Morgan fingerprint density at radius 1 is 1.50 bits per heavy atom. The van der Waals surface area contributed by atoms with Crippen LogP contribution in [0.4, 0.5) is 0 Å². The van der Waals surface area contributed by atoms with Crippen LogP contribution in [0.15, 0.2) is 18.5 Å². The number of aromatic nitrogens is 4. The van der Waals surface area contributed by atoms with E-state index in [9.17, 15) is 0 Å². The van der Waals surface area contributed by atoms with Gasteiger partial charge in [0.25, 0.3) is 0 Å². The molecule has 1 unspecified atom stereocenters. The Hall–Kier alpha value is -1.62. The van der Waals surface area contributed by atoms with Crippen molar-refractivity contribution >= 4 is 0 Å². The van der Waals surface area contributed by atoms with E-state index in [-0.39, 0.29) is 0 Å². The van der Waals surface area contributed by atoms with Gasteiger partial charge in [0.2, 0.25) is 0 Å². The summed E-state index contributed by atoms with van der Waals surface area (Å²) in [5, 5.41) is 11.7. The van der Waals surface area contributed by atoms with Crippen LogP contribution in [0.2, 0.25) is 0 Å². The summed E-state index contributed by atoms with van der Waals surface area (Å²) in [5.41, 5.74) is 3.73. The minimum atomic E-state index is 0.594. The van der Waals surface area contributed by atoms with E-state index in [1.165, 1.54) is 17.7 Å². The summed E-state index contributed by atoms with van der Waals surface area (Å²) in [4.78, 5) is 2.47. The number of nitrogens with zero attached hydrogens (tertiary/aromatic N) is 4. The lowest BCUT2D eigenvalue weighted by Crippen LogP contribution is -2.20. The number of rotatable bonds is 3. The second-order valence-corrected chi connectivity index (χ2v) is 5.17. The van der Waals surface area contributed by atoms with Gasteiger partial charge in [-0.15, -0.1) is 0 Å². The third kappa shape index (κ3) is 2.18. The Kier molecular flexibility index (Phi) is 2.91. The van der Waals surface area contributed by atoms with Gasteiger partial charge in [-0.25, -0.2) is 0 Å². The smallest absolute Gasteiger partial charge is 0.0764 e. The molecule has 1 saturated heterocycles. The van der Waals surface area contributed by atoms with Gasteiger partial charge < -0.3 is 0 Å². The third-order valence-electron chi connectivity index (χ3n) is 3.70. The van der Waals surface area contributed by atoms with Crippen LogP contribution in [0, 0.1) is 6.92 Å². The van der Waals surface area contributed by atoms with Crippen molar-refractivity contribution in [3.05, 3.63) is 35.4 Å². The van der Waals surface area contributed by atoms with Gasteiger partial charge in [-0.05, 0) is 31.5 Å². The molecule has 3 rings (SSSR count). The van der Waals surface area contributed by atoms with Crippen LogP contribution in [-0.4, -0.2) is 38.0 Å². The molecule has 0 saturated carbocycles. The number of hydrogen-bond acceptors (Lipinski definition) is 3. The highest BCUT2D eigenvalue weighted by atomic mass is 15.3. The van der Waals surface area contributed by atoms with Crippen molar-refractivity contribution in [1.29, 1.82) is 0 Å². The average Bonchev–Trinajstić information content (AvgIpc) is 3.02. The predicted molar refractivity (Wildman–Crippen MR) is 69.2 cm³/mol. The number of nitrogens with one attached hydrogen (secondary N) is 1. The number of aromatic amines is 1. The third-order valence-corrected chi connectivity index (χ3v) is 3.70. The van der Waals surface area contributed by atoms with Crippen molar-refractivity contribution in [1.82, 2.24) is 24.9 Å². The largest absolute Gasteiger partial charge is 0.297 e. The van der Waals surface area contributed by atoms with E-state index in [0.717, 1.165) is 25.3 Å². The first-order chi connectivity index (χ1) is 8.72. The second-order valence-electron chi connectivity index (χ2n) is 5.17. The van der Waals surface area contributed by atoms with E-state index < -0.39 is 0 Å². The van der Waals surface area contributed by atoms with Gasteiger partial charge in [0.05, 0.1) is 11.9 Å². The van der Waals surface area contributed by atoms with E-state index in [1.807, 2.05) is 24.1 Å². The average molecular weight is 245 g/mol. The molecule has 0 aromatic carbocycles. The molecule has 1 aliphatic heterocycles. The Labute approximate surface area is 107 Å². The first-order valence-corrected chi connectivity index (χ1v) is 6.43.